The van der Waals surface area contributed by atoms with Crippen LogP contribution in [0.4, 0.5) is 0 Å². The molecule has 1 heteroatoms. The minimum atomic E-state index is 0.329. The van der Waals surface area contributed by atoms with E-state index in [-0.39, 0.29) is 0 Å². The molecule has 1 N–H and O–H groups in total. The Morgan fingerprint density at radius 3 is 1.35 bits per heavy atom. The van der Waals surface area contributed by atoms with Crippen molar-refractivity contribution in [3.8, 4) is 5.75 Å². The Morgan fingerprint density at radius 2 is 1.06 bits per heavy atom. The van der Waals surface area contributed by atoms with Crippen LogP contribution in [0.1, 0.15) is 25.0 Å². The van der Waals surface area contributed by atoms with Crippen molar-refractivity contribution in [2.24, 2.45) is 0 Å². The first-order chi connectivity index (χ1) is 8.18. The Kier molecular flexibility index (Phi) is 8.48. The molecule has 0 bridgehead atoms. The molecule has 0 amide bonds. The molecule has 0 radical (unpaired) electrons. The molecule has 0 aliphatic heterocycles. The third-order valence-electron chi connectivity index (χ3n) is 1.97. The zero-order valence-corrected chi connectivity index (χ0v) is 11.1. The van der Waals surface area contributed by atoms with Crippen LogP contribution in [-0.2, 0) is 0 Å². The lowest BCUT2D eigenvalue weighted by Gasteiger charge is -1.89. The maximum Gasteiger partial charge on any atom is 0.115 e. The summed E-state index contributed by atoms with van der Waals surface area (Å²) in [6, 6.07) is 17.4. The summed E-state index contributed by atoms with van der Waals surface area (Å²) in [6.45, 7) is 8.07. The molecule has 0 aliphatic rings. The van der Waals surface area contributed by atoms with Crippen LogP contribution < -0.4 is 0 Å². The van der Waals surface area contributed by atoms with Crippen LogP contribution in [0.5, 0.6) is 5.75 Å². The molecule has 2 aromatic rings. The van der Waals surface area contributed by atoms with Gasteiger partial charge in [0.25, 0.3) is 0 Å². The van der Waals surface area contributed by atoms with Crippen LogP contribution in [0.25, 0.3) is 0 Å². The van der Waals surface area contributed by atoms with Gasteiger partial charge in [0.1, 0.15) is 5.75 Å². The van der Waals surface area contributed by atoms with Crippen LogP contribution >= 0.6 is 0 Å². The highest BCUT2D eigenvalue weighted by atomic mass is 16.3. The van der Waals surface area contributed by atoms with Crippen molar-refractivity contribution in [2.75, 3.05) is 0 Å². The predicted octanol–water partition coefficient (Wildman–Crippen LogP) is 4.72. The van der Waals surface area contributed by atoms with Gasteiger partial charge in [-0.05, 0) is 26.0 Å². The lowest BCUT2D eigenvalue weighted by atomic mass is 10.2. The molecule has 0 heterocycles. The number of hydrogen-bond donors (Lipinski definition) is 1. The fraction of sp³-hybridized carbons (Fsp3) is 0.250. The number of aromatic hydroxyl groups is 1. The van der Waals surface area contributed by atoms with Gasteiger partial charge < -0.3 is 5.11 Å². The largest absolute Gasteiger partial charge is 0.508 e. The Balaban J connectivity index is 0.000000265. The molecule has 0 saturated heterocycles. The Hall–Kier alpha value is -1.76. The van der Waals surface area contributed by atoms with Crippen LogP contribution in [0, 0.1) is 13.8 Å². The monoisotopic (exact) mass is 230 g/mol. The fourth-order valence-electron chi connectivity index (χ4n) is 1.08. The van der Waals surface area contributed by atoms with E-state index in [2.05, 4.69) is 19.1 Å². The summed E-state index contributed by atoms with van der Waals surface area (Å²) >= 11 is 0. The van der Waals surface area contributed by atoms with Gasteiger partial charge in [-0.25, -0.2) is 0 Å². The Morgan fingerprint density at radius 1 is 0.647 bits per heavy atom. The van der Waals surface area contributed by atoms with Crippen molar-refractivity contribution in [3.63, 3.8) is 0 Å². The molecule has 0 aromatic heterocycles. The summed E-state index contributed by atoms with van der Waals surface area (Å²) in [5, 5.41) is 8.76. The topological polar surface area (TPSA) is 20.2 Å². The zero-order chi connectivity index (χ0) is 13.1. The molecule has 2 aromatic carbocycles. The smallest absolute Gasteiger partial charge is 0.115 e. The highest BCUT2D eigenvalue weighted by Crippen LogP contribution is 2.07. The number of aryl methyl sites for hydroxylation is 2. The van der Waals surface area contributed by atoms with Gasteiger partial charge in [0.15, 0.2) is 0 Å². The summed E-state index contributed by atoms with van der Waals surface area (Å²) in [6.07, 6.45) is 0. The average Bonchev–Trinajstić information content (AvgIpc) is 2.37. The molecule has 0 saturated carbocycles. The summed E-state index contributed by atoms with van der Waals surface area (Å²) in [5.41, 5.74) is 2.49. The molecule has 17 heavy (non-hydrogen) atoms. The number of hydrogen-bond acceptors (Lipinski definition) is 1. The maximum atomic E-state index is 8.76. The van der Waals surface area contributed by atoms with E-state index in [4.69, 9.17) is 5.11 Å². The molecule has 0 atom stereocenters. The second-order valence-corrected chi connectivity index (χ2v) is 3.49. The van der Waals surface area contributed by atoms with Crippen LogP contribution in [-0.4, -0.2) is 5.11 Å². The predicted molar refractivity (Wildman–Crippen MR) is 75.4 cm³/mol. The fourth-order valence-corrected chi connectivity index (χ4v) is 1.08. The lowest BCUT2D eigenvalue weighted by molar-refractivity contribution is 0.475. The van der Waals surface area contributed by atoms with E-state index in [1.54, 1.807) is 12.1 Å². The normalized spacial score (nSPS) is 8.24. The second kappa shape index (κ2) is 9.46. The maximum absolute atomic E-state index is 8.76. The van der Waals surface area contributed by atoms with Gasteiger partial charge in [0, 0.05) is 0 Å². The molecular weight excluding hydrogens is 208 g/mol. The number of rotatable bonds is 0. The minimum absolute atomic E-state index is 0.329. The molecule has 0 fully saturated rings. The number of benzene rings is 2. The standard InChI is InChI=1S/C7H8O.C7H8.C2H6/c1-6-2-4-7(8)5-3-6;1-7-5-3-2-4-6-7;1-2/h2-5,8H,1H3;2-6H,1H3;1-2H3. The second-order valence-electron chi connectivity index (χ2n) is 3.49. The zero-order valence-electron chi connectivity index (χ0n) is 11.1. The van der Waals surface area contributed by atoms with E-state index in [9.17, 15) is 0 Å². The molecule has 0 unspecified atom stereocenters. The number of phenols is 1. The van der Waals surface area contributed by atoms with Gasteiger partial charge in [-0.2, -0.15) is 0 Å². The summed E-state index contributed by atoms with van der Waals surface area (Å²) in [7, 11) is 0. The van der Waals surface area contributed by atoms with E-state index in [1.807, 2.05) is 51.1 Å². The Labute approximate surface area is 105 Å². The van der Waals surface area contributed by atoms with E-state index in [0.717, 1.165) is 0 Å². The summed E-state index contributed by atoms with van der Waals surface area (Å²) < 4.78 is 0. The quantitative estimate of drug-likeness (QED) is 0.694. The Bertz CT molecular complexity index is 355. The minimum Gasteiger partial charge on any atom is -0.508 e. The van der Waals surface area contributed by atoms with E-state index in [0.29, 0.717) is 5.75 Å². The van der Waals surface area contributed by atoms with Crippen LogP contribution in [0.3, 0.4) is 0 Å². The van der Waals surface area contributed by atoms with Gasteiger partial charge in [0.05, 0.1) is 0 Å². The van der Waals surface area contributed by atoms with Gasteiger partial charge in [0.2, 0.25) is 0 Å². The first-order valence-electron chi connectivity index (χ1n) is 5.96. The highest BCUT2D eigenvalue weighted by molar-refractivity contribution is 5.24. The van der Waals surface area contributed by atoms with E-state index >= 15 is 0 Å². The third kappa shape index (κ3) is 8.09. The first kappa shape index (κ1) is 15.2. The third-order valence-corrected chi connectivity index (χ3v) is 1.97. The van der Waals surface area contributed by atoms with Crippen molar-refractivity contribution >= 4 is 0 Å². The molecule has 0 aliphatic carbocycles. The molecule has 0 spiro atoms. The SMILES string of the molecule is CC.Cc1ccc(O)cc1.Cc1ccccc1. The number of phenolic OH excluding ortho intramolecular Hbond substituents is 1. The van der Waals surface area contributed by atoms with Gasteiger partial charge in [-0.1, -0.05) is 67.4 Å². The van der Waals surface area contributed by atoms with Crippen molar-refractivity contribution in [2.45, 2.75) is 27.7 Å². The highest BCUT2D eigenvalue weighted by Gasteiger charge is 1.82. The molecule has 1 nitrogen and oxygen atoms in total. The summed E-state index contributed by atoms with van der Waals surface area (Å²) in [4.78, 5) is 0. The van der Waals surface area contributed by atoms with Crippen LogP contribution in [0.15, 0.2) is 54.6 Å². The van der Waals surface area contributed by atoms with Gasteiger partial charge in [-0.15, -0.1) is 0 Å². The van der Waals surface area contributed by atoms with Crippen molar-refractivity contribution < 1.29 is 5.11 Å². The van der Waals surface area contributed by atoms with E-state index in [1.165, 1.54) is 11.1 Å². The summed E-state index contributed by atoms with van der Waals surface area (Å²) in [5.74, 6) is 0.329. The molecular formula is C16H22O. The van der Waals surface area contributed by atoms with Crippen molar-refractivity contribution in [1.29, 1.82) is 0 Å². The average molecular weight is 230 g/mol. The van der Waals surface area contributed by atoms with Crippen molar-refractivity contribution in [3.05, 3.63) is 65.7 Å². The van der Waals surface area contributed by atoms with Crippen molar-refractivity contribution in [1.82, 2.24) is 0 Å². The molecule has 2 rings (SSSR count). The first-order valence-corrected chi connectivity index (χ1v) is 5.96. The van der Waals surface area contributed by atoms with Crippen LogP contribution in [0.2, 0.25) is 0 Å². The van der Waals surface area contributed by atoms with Gasteiger partial charge >= 0.3 is 0 Å². The van der Waals surface area contributed by atoms with Gasteiger partial charge in [-0.3, -0.25) is 0 Å². The lowest BCUT2D eigenvalue weighted by Crippen LogP contribution is -1.66. The van der Waals surface area contributed by atoms with E-state index < -0.39 is 0 Å². The molecule has 92 valence electrons.